The molecule has 4 aromatic rings. The van der Waals surface area contributed by atoms with Crippen LogP contribution in [0, 0.1) is 5.82 Å². The lowest BCUT2D eigenvalue weighted by molar-refractivity contribution is 0.633. The first-order valence-corrected chi connectivity index (χ1v) is 9.79. The Bertz CT molecular complexity index is 1340. The van der Waals surface area contributed by atoms with Crippen molar-refractivity contribution in [1.29, 1.82) is 0 Å². The van der Waals surface area contributed by atoms with Crippen molar-refractivity contribution in [2.45, 2.75) is 0 Å². The van der Waals surface area contributed by atoms with Crippen LogP contribution in [-0.4, -0.2) is 4.98 Å². The summed E-state index contributed by atoms with van der Waals surface area (Å²) in [5.74, 6) is 0.111. The van der Waals surface area contributed by atoms with Gasteiger partial charge in [-0.05, 0) is 12.1 Å². The maximum absolute atomic E-state index is 15.5. The van der Waals surface area contributed by atoms with Gasteiger partial charge >= 0.3 is 0 Å². The average Bonchev–Trinajstić information content (AvgIpc) is 2.75. The van der Waals surface area contributed by atoms with Gasteiger partial charge in [0.25, 0.3) is 0 Å². The van der Waals surface area contributed by atoms with Crippen LogP contribution < -0.4 is 10.2 Å². The molecule has 146 valence electrons. The van der Waals surface area contributed by atoms with Crippen LogP contribution in [0.2, 0.25) is 5.02 Å². The van der Waals surface area contributed by atoms with E-state index >= 15 is 4.39 Å². The molecule has 3 aromatic carbocycles. The van der Waals surface area contributed by atoms with E-state index < -0.39 is 5.82 Å². The van der Waals surface area contributed by atoms with E-state index in [1.54, 1.807) is 24.4 Å². The fourth-order valence-corrected chi connectivity index (χ4v) is 4.12. The predicted molar refractivity (Wildman–Crippen MR) is 123 cm³/mol. The van der Waals surface area contributed by atoms with Crippen LogP contribution in [0.3, 0.4) is 0 Å². The highest BCUT2D eigenvalue weighted by Crippen LogP contribution is 2.43. The summed E-state index contributed by atoms with van der Waals surface area (Å²) >= 11 is 6.29. The molecule has 0 bridgehead atoms. The quantitative estimate of drug-likeness (QED) is 0.381. The smallest absolute Gasteiger partial charge is 0.155 e. The van der Waals surface area contributed by atoms with Gasteiger partial charge in [-0.1, -0.05) is 73.3 Å². The van der Waals surface area contributed by atoms with Gasteiger partial charge in [0.05, 0.1) is 17.6 Å². The van der Waals surface area contributed by atoms with Gasteiger partial charge in [-0.2, -0.15) is 0 Å². The zero-order valence-electron chi connectivity index (χ0n) is 16.0. The summed E-state index contributed by atoms with van der Waals surface area (Å²) in [6.45, 7) is 8.36. The number of hydrogen-bond donors (Lipinski definition) is 1. The number of anilines is 2. The molecule has 1 N–H and O–H groups in total. The zero-order chi connectivity index (χ0) is 20.8. The van der Waals surface area contributed by atoms with Gasteiger partial charge in [-0.25, -0.2) is 4.39 Å². The molecule has 0 radical (unpaired) electrons. The van der Waals surface area contributed by atoms with Gasteiger partial charge in [0.1, 0.15) is 5.82 Å². The molecule has 0 aliphatic carbocycles. The van der Waals surface area contributed by atoms with Crippen molar-refractivity contribution in [3.63, 3.8) is 0 Å². The largest absolute Gasteiger partial charge is 0.339 e. The molecule has 5 heteroatoms. The number of pyridine rings is 1. The van der Waals surface area contributed by atoms with Crippen LogP contribution in [0.5, 0.6) is 0 Å². The summed E-state index contributed by atoms with van der Waals surface area (Å²) in [5, 5.41) is 5.63. The van der Waals surface area contributed by atoms with E-state index in [1.165, 1.54) is 0 Å². The third-order valence-corrected chi connectivity index (χ3v) is 5.64. The van der Waals surface area contributed by atoms with Crippen molar-refractivity contribution >= 4 is 39.4 Å². The second-order valence-corrected chi connectivity index (χ2v) is 7.47. The first-order valence-electron chi connectivity index (χ1n) is 9.42. The number of fused-ring (bicyclic) bond motifs is 2. The van der Waals surface area contributed by atoms with Crippen molar-refractivity contribution in [3.8, 4) is 11.1 Å². The topological polar surface area (TPSA) is 28.2 Å². The molecule has 5 rings (SSSR count). The van der Waals surface area contributed by atoms with Crippen molar-refractivity contribution < 1.29 is 4.39 Å². The Morgan fingerprint density at radius 3 is 2.43 bits per heavy atom. The maximum Gasteiger partial charge on any atom is 0.155 e. The van der Waals surface area contributed by atoms with E-state index in [2.05, 4.69) is 23.5 Å². The molecule has 0 fully saturated rings. The molecule has 30 heavy (non-hydrogen) atoms. The highest BCUT2D eigenvalue weighted by Gasteiger charge is 2.28. The van der Waals surface area contributed by atoms with Crippen molar-refractivity contribution in [1.82, 2.24) is 4.98 Å². The normalized spacial score (nSPS) is 13.3. The maximum atomic E-state index is 15.5. The molecule has 0 amide bonds. The Morgan fingerprint density at radius 2 is 1.60 bits per heavy atom. The predicted octanol–water partition coefficient (Wildman–Crippen LogP) is 7.07. The standard InChI is InChI=1S/C25H17ClFN3/c1-15-18-11-12-21(20-9-5-6-10-22(20)26)24(27)25(18)29-16(2)30(15)23-14-28-13-17-7-3-4-8-19(17)23/h3-14,29H,1-2H2. The SMILES string of the molecule is C=C1Nc2c(ccc(-c3ccccc3Cl)c2F)C(=C)N1c1cncc2ccccc12. The van der Waals surface area contributed by atoms with Crippen LogP contribution >= 0.6 is 11.6 Å². The molecule has 0 atom stereocenters. The molecule has 2 heterocycles. The van der Waals surface area contributed by atoms with Crippen LogP contribution in [-0.2, 0) is 0 Å². The van der Waals surface area contributed by atoms with Crippen LogP contribution in [0.15, 0.2) is 92.0 Å². The first kappa shape index (κ1) is 18.4. The Hall–Kier alpha value is -3.63. The van der Waals surface area contributed by atoms with Gasteiger partial charge < -0.3 is 5.32 Å². The average molecular weight is 414 g/mol. The molecule has 0 spiro atoms. The van der Waals surface area contributed by atoms with E-state index in [0.717, 1.165) is 16.5 Å². The van der Waals surface area contributed by atoms with E-state index in [4.69, 9.17) is 11.6 Å². The number of aromatic nitrogens is 1. The van der Waals surface area contributed by atoms with E-state index in [9.17, 15) is 0 Å². The Labute approximate surface area is 178 Å². The first-order chi connectivity index (χ1) is 14.6. The van der Waals surface area contributed by atoms with Gasteiger partial charge in [-0.15, -0.1) is 0 Å². The highest BCUT2D eigenvalue weighted by atomic mass is 35.5. The van der Waals surface area contributed by atoms with Crippen LogP contribution in [0.25, 0.3) is 27.6 Å². The molecular formula is C25H17ClFN3. The Kier molecular flexibility index (Phi) is 4.30. The number of nitrogens with one attached hydrogen (secondary N) is 1. The molecule has 0 saturated heterocycles. The molecule has 1 aliphatic rings. The number of nitrogens with zero attached hydrogens (tertiary/aromatic N) is 2. The number of rotatable bonds is 2. The summed E-state index contributed by atoms with van der Waals surface area (Å²) < 4.78 is 15.5. The Balaban J connectivity index is 1.65. The fraction of sp³-hybridized carbons (Fsp3) is 0. The van der Waals surface area contributed by atoms with Crippen LogP contribution in [0.1, 0.15) is 5.56 Å². The van der Waals surface area contributed by atoms with Crippen LogP contribution in [0.4, 0.5) is 15.8 Å². The third kappa shape index (κ3) is 2.77. The fourth-order valence-electron chi connectivity index (χ4n) is 3.88. The zero-order valence-corrected chi connectivity index (χ0v) is 16.7. The second kappa shape index (κ2) is 7.01. The number of benzene rings is 3. The monoisotopic (exact) mass is 413 g/mol. The molecule has 1 aliphatic heterocycles. The summed E-state index contributed by atoms with van der Waals surface area (Å²) in [6.07, 6.45) is 3.57. The van der Waals surface area contributed by atoms with Gasteiger partial charge in [0.15, 0.2) is 5.82 Å². The summed E-state index contributed by atoms with van der Waals surface area (Å²) in [4.78, 5) is 6.22. The summed E-state index contributed by atoms with van der Waals surface area (Å²) in [6, 6.07) is 18.7. The van der Waals surface area contributed by atoms with Crippen molar-refractivity contribution in [2.24, 2.45) is 0 Å². The van der Waals surface area contributed by atoms with Gasteiger partial charge in [-0.3, -0.25) is 9.88 Å². The summed E-state index contributed by atoms with van der Waals surface area (Å²) in [5.41, 5.74) is 3.51. The molecule has 1 aromatic heterocycles. The van der Waals surface area contributed by atoms with E-state index in [1.807, 2.05) is 53.6 Å². The van der Waals surface area contributed by atoms with Crippen molar-refractivity contribution in [3.05, 3.63) is 108 Å². The van der Waals surface area contributed by atoms with Gasteiger partial charge in [0, 0.05) is 44.4 Å². The van der Waals surface area contributed by atoms with Gasteiger partial charge in [0.2, 0.25) is 0 Å². The minimum Gasteiger partial charge on any atom is -0.339 e. The number of halogens is 2. The third-order valence-electron chi connectivity index (χ3n) is 5.31. The van der Waals surface area contributed by atoms with Crippen molar-refractivity contribution in [2.75, 3.05) is 10.2 Å². The molecule has 3 nitrogen and oxygen atoms in total. The lowest BCUT2D eigenvalue weighted by Gasteiger charge is -2.36. The Morgan fingerprint density at radius 1 is 0.867 bits per heavy atom. The molecule has 0 unspecified atom stereocenters. The lowest BCUT2D eigenvalue weighted by atomic mass is 9.97. The minimum absolute atomic E-state index is 0.340. The molecular weight excluding hydrogens is 397 g/mol. The second-order valence-electron chi connectivity index (χ2n) is 7.06. The van der Waals surface area contributed by atoms with E-state index in [0.29, 0.717) is 38.9 Å². The van der Waals surface area contributed by atoms with E-state index in [-0.39, 0.29) is 0 Å². The molecule has 0 saturated carbocycles. The minimum atomic E-state index is -0.390. The highest BCUT2D eigenvalue weighted by molar-refractivity contribution is 6.33. The lowest BCUT2D eigenvalue weighted by Crippen LogP contribution is -2.30. The summed E-state index contributed by atoms with van der Waals surface area (Å²) in [7, 11) is 0. The number of hydrogen-bond acceptors (Lipinski definition) is 3.